The average molecular weight is 326 g/mol. The van der Waals surface area contributed by atoms with E-state index in [0.29, 0.717) is 23.5 Å². The van der Waals surface area contributed by atoms with Gasteiger partial charge in [0.05, 0.1) is 6.10 Å². The average Bonchev–Trinajstić information content (AvgIpc) is 2.63. The van der Waals surface area contributed by atoms with Gasteiger partial charge in [0.1, 0.15) is 24.1 Å². The number of rotatable bonds is 4. The van der Waals surface area contributed by atoms with E-state index in [-0.39, 0.29) is 5.75 Å². The third-order valence-corrected chi connectivity index (χ3v) is 3.86. The highest BCUT2D eigenvalue weighted by atomic mass is 16.5. The number of aldehydes is 2. The molecule has 0 radical (unpaired) electrons. The van der Waals surface area contributed by atoms with Crippen molar-refractivity contribution in [1.29, 1.82) is 0 Å². The maximum Gasteiger partial charge on any atom is 0.150 e. The second kappa shape index (κ2) is 9.50. The lowest BCUT2D eigenvalue weighted by molar-refractivity contribution is 0.111. The summed E-state index contributed by atoms with van der Waals surface area (Å²) < 4.78 is 5.84. The van der Waals surface area contributed by atoms with E-state index in [2.05, 4.69) is 0 Å². The van der Waals surface area contributed by atoms with E-state index in [1.54, 1.807) is 18.2 Å². The highest BCUT2D eigenvalue weighted by Gasteiger charge is 2.14. The summed E-state index contributed by atoms with van der Waals surface area (Å²) in [5.74, 6) is 0.950. The predicted octanol–water partition coefficient (Wildman–Crippen LogP) is 4.42. The molecule has 2 aromatic carbocycles. The molecule has 1 saturated carbocycles. The minimum Gasteiger partial charge on any atom is -0.508 e. The molecule has 2 aromatic rings. The molecule has 0 aliphatic heterocycles. The molecular formula is C20H22O4. The summed E-state index contributed by atoms with van der Waals surface area (Å²) in [5, 5.41) is 8.79. The standard InChI is InChI=1S/C13H16O2.C7H6O2/c14-10-11-5-4-8-13(9-11)15-12-6-2-1-3-7-12;8-5-6-2-1-3-7(9)4-6/h4-5,8-10,12H,1-3,6-7H2;1-5,9H. The maximum atomic E-state index is 10.6. The Labute approximate surface area is 142 Å². The van der Waals surface area contributed by atoms with Gasteiger partial charge >= 0.3 is 0 Å². The van der Waals surface area contributed by atoms with Gasteiger partial charge in [-0.25, -0.2) is 0 Å². The Kier molecular flexibility index (Phi) is 7.02. The van der Waals surface area contributed by atoms with E-state index in [1.807, 2.05) is 18.2 Å². The smallest absolute Gasteiger partial charge is 0.150 e. The first kappa shape index (κ1) is 17.7. The van der Waals surface area contributed by atoms with Crippen LogP contribution >= 0.6 is 0 Å². The van der Waals surface area contributed by atoms with Crippen molar-refractivity contribution in [3.05, 3.63) is 59.7 Å². The molecule has 4 nitrogen and oxygen atoms in total. The normalized spacial score (nSPS) is 14.2. The highest BCUT2D eigenvalue weighted by molar-refractivity contribution is 5.75. The largest absolute Gasteiger partial charge is 0.508 e. The van der Waals surface area contributed by atoms with Crippen molar-refractivity contribution in [2.75, 3.05) is 0 Å². The molecule has 24 heavy (non-hydrogen) atoms. The zero-order valence-electron chi connectivity index (χ0n) is 13.6. The van der Waals surface area contributed by atoms with Crippen LogP contribution in [0.1, 0.15) is 52.8 Å². The van der Waals surface area contributed by atoms with E-state index in [9.17, 15) is 9.59 Å². The molecule has 0 atom stereocenters. The number of phenolic OH excluding ortho intramolecular Hbond substituents is 1. The lowest BCUT2D eigenvalue weighted by atomic mass is 9.98. The molecule has 0 spiro atoms. The van der Waals surface area contributed by atoms with Crippen LogP contribution in [0.25, 0.3) is 0 Å². The van der Waals surface area contributed by atoms with Crippen molar-refractivity contribution >= 4 is 12.6 Å². The van der Waals surface area contributed by atoms with Crippen LogP contribution in [-0.4, -0.2) is 23.8 Å². The first-order chi connectivity index (χ1) is 11.7. The number of benzene rings is 2. The van der Waals surface area contributed by atoms with E-state index >= 15 is 0 Å². The number of carbonyl (C=O) groups is 2. The van der Waals surface area contributed by atoms with Gasteiger partial charge in [0, 0.05) is 11.1 Å². The zero-order chi connectivity index (χ0) is 17.2. The highest BCUT2D eigenvalue weighted by Crippen LogP contribution is 2.23. The Bertz CT molecular complexity index is 660. The summed E-state index contributed by atoms with van der Waals surface area (Å²) in [4.78, 5) is 20.6. The fourth-order valence-corrected chi connectivity index (χ4v) is 2.63. The van der Waals surface area contributed by atoms with Crippen LogP contribution in [0.2, 0.25) is 0 Å². The number of hydrogen-bond donors (Lipinski definition) is 1. The van der Waals surface area contributed by atoms with Crippen LogP contribution < -0.4 is 4.74 Å². The summed E-state index contributed by atoms with van der Waals surface area (Å²) in [6, 6.07) is 13.6. The van der Waals surface area contributed by atoms with E-state index in [1.165, 1.54) is 31.4 Å². The molecule has 0 amide bonds. The maximum absolute atomic E-state index is 10.6. The monoisotopic (exact) mass is 326 g/mol. The van der Waals surface area contributed by atoms with Crippen LogP contribution in [-0.2, 0) is 0 Å². The third-order valence-electron chi connectivity index (χ3n) is 3.86. The van der Waals surface area contributed by atoms with E-state index in [0.717, 1.165) is 24.9 Å². The first-order valence-corrected chi connectivity index (χ1v) is 8.17. The fourth-order valence-electron chi connectivity index (χ4n) is 2.63. The van der Waals surface area contributed by atoms with Gasteiger partial charge in [-0.15, -0.1) is 0 Å². The molecule has 0 saturated heterocycles. The van der Waals surface area contributed by atoms with E-state index in [4.69, 9.17) is 9.84 Å². The molecule has 0 bridgehead atoms. The van der Waals surface area contributed by atoms with Crippen LogP contribution in [0.4, 0.5) is 0 Å². The lowest BCUT2D eigenvalue weighted by Gasteiger charge is -2.23. The molecule has 4 heteroatoms. The zero-order valence-corrected chi connectivity index (χ0v) is 13.6. The number of ether oxygens (including phenoxy) is 1. The number of carbonyl (C=O) groups excluding carboxylic acids is 2. The molecule has 1 aliphatic rings. The Morgan fingerprint density at radius 1 is 0.875 bits per heavy atom. The van der Waals surface area contributed by atoms with Crippen molar-refractivity contribution in [1.82, 2.24) is 0 Å². The number of aromatic hydroxyl groups is 1. The number of hydrogen-bond acceptors (Lipinski definition) is 4. The molecule has 0 aromatic heterocycles. The van der Waals surface area contributed by atoms with Gasteiger partial charge in [-0.2, -0.15) is 0 Å². The van der Waals surface area contributed by atoms with Crippen molar-refractivity contribution < 1.29 is 19.4 Å². The van der Waals surface area contributed by atoms with Crippen molar-refractivity contribution in [2.24, 2.45) is 0 Å². The lowest BCUT2D eigenvalue weighted by Crippen LogP contribution is -2.19. The molecule has 0 unspecified atom stereocenters. The Balaban J connectivity index is 0.000000198. The predicted molar refractivity (Wildman–Crippen MR) is 92.8 cm³/mol. The third kappa shape index (κ3) is 5.88. The SMILES string of the molecule is O=Cc1cccc(O)c1.O=Cc1cccc(OC2CCCCC2)c1. The molecule has 126 valence electrons. The minimum atomic E-state index is 0.125. The minimum absolute atomic E-state index is 0.125. The van der Waals surface area contributed by atoms with Gasteiger partial charge in [0.25, 0.3) is 0 Å². The van der Waals surface area contributed by atoms with Crippen molar-refractivity contribution in [3.63, 3.8) is 0 Å². The molecular weight excluding hydrogens is 304 g/mol. The summed E-state index contributed by atoms with van der Waals surface area (Å²) >= 11 is 0. The van der Waals surface area contributed by atoms with Crippen LogP contribution in [0.3, 0.4) is 0 Å². The summed E-state index contributed by atoms with van der Waals surface area (Å²) in [6.07, 6.45) is 8.04. The Morgan fingerprint density at radius 2 is 1.50 bits per heavy atom. The molecule has 1 fully saturated rings. The topological polar surface area (TPSA) is 63.6 Å². The molecule has 3 rings (SSSR count). The van der Waals surface area contributed by atoms with Gasteiger partial charge in [0.2, 0.25) is 0 Å². The van der Waals surface area contributed by atoms with Crippen molar-refractivity contribution in [3.8, 4) is 11.5 Å². The first-order valence-electron chi connectivity index (χ1n) is 8.17. The quantitative estimate of drug-likeness (QED) is 0.845. The summed E-state index contributed by atoms with van der Waals surface area (Å²) in [5.41, 5.74) is 1.18. The fraction of sp³-hybridized carbons (Fsp3) is 0.300. The molecule has 0 heterocycles. The summed E-state index contributed by atoms with van der Waals surface area (Å²) in [7, 11) is 0. The van der Waals surface area contributed by atoms with E-state index < -0.39 is 0 Å². The van der Waals surface area contributed by atoms with Gasteiger partial charge in [0.15, 0.2) is 0 Å². The van der Waals surface area contributed by atoms with Crippen LogP contribution in [0.15, 0.2) is 48.5 Å². The van der Waals surface area contributed by atoms with Gasteiger partial charge in [-0.05, 0) is 49.9 Å². The second-order valence-corrected chi connectivity index (χ2v) is 5.78. The second-order valence-electron chi connectivity index (χ2n) is 5.78. The molecule has 1 aliphatic carbocycles. The Hall–Kier alpha value is -2.62. The van der Waals surface area contributed by atoms with Gasteiger partial charge in [-0.1, -0.05) is 30.7 Å². The Morgan fingerprint density at radius 3 is 2.08 bits per heavy atom. The van der Waals surface area contributed by atoms with Crippen LogP contribution in [0.5, 0.6) is 11.5 Å². The number of phenols is 1. The summed E-state index contributed by atoms with van der Waals surface area (Å²) in [6.45, 7) is 0. The van der Waals surface area contributed by atoms with Gasteiger partial charge < -0.3 is 9.84 Å². The molecule has 1 N–H and O–H groups in total. The van der Waals surface area contributed by atoms with Crippen LogP contribution in [0, 0.1) is 0 Å². The van der Waals surface area contributed by atoms with Crippen molar-refractivity contribution in [2.45, 2.75) is 38.2 Å². The van der Waals surface area contributed by atoms with Gasteiger partial charge in [-0.3, -0.25) is 9.59 Å².